The van der Waals surface area contributed by atoms with Crippen LogP contribution in [0.25, 0.3) is 11.4 Å². The number of ether oxygens (including phenoxy) is 1. The topological polar surface area (TPSA) is 70.2 Å². The summed E-state index contributed by atoms with van der Waals surface area (Å²) < 4.78 is 25.7. The van der Waals surface area contributed by atoms with E-state index in [1.807, 2.05) is 6.92 Å². The quantitative estimate of drug-likeness (QED) is 0.641. The second-order valence-electron chi connectivity index (χ2n) is 5.38. The first-order valence-electron chi connectivity index (χ1n) is 8.06. The van der Waals surface area contributed by atoms with Gasteiger partial charge in [0.2, 0.25) is 0 Å². The predicted octanol–water partition coefficient (Wildman–Crippen LogP) is 3.46. The summed E-state index contributed by atoms with van der Waals surface area (Å²) in [7, 11) is 0. The third-order valence-corrected chi connectivity index (χ3v) is 3.83. The van der Waals surface area contributed by atoms with E-state index in [-0.39, 0.29) is 24.7 Å². The van der Waals surface area contributed by atoms with E-state index in [0.29, 0.717) is 28.9 Å². The molecule has 0 amide bonds. The zero-order chi connectivity index (χ0) is 17.8. The number of carbonyl (C=O) groups excluding carboxylic acids is 1. The summed E-state index contributed by atoms with van der Waals surface area (Å²) in [6, 6.07) is 8.14. The molecule has 0 unspecified atom stereocenters. The Morgan fingerprint density at radius 3 is 2.72 bits per heavy atom. The van der Waals surface area contributed by atoms with Crippen LogP contribution in [-0.4, -0.2) is 27.5 Å². The van der Waals surface area contributed by atoms with Gasteiger partial charge in [-0.05, 0) is 19.4 Å². The number of carbonyl (C=O) groups is 1. The molecule has 0 saturated heterocycles. The molecule has 0 fully saturated rings. The molecule has 7 heteroatoms. The molecule has 25 heavy (non-hydrogen) atoms. The maximum absolute atomic E-state index is 14.1. The molecule has 3 aromatic rings. The Morgan fingerprint density at radius 2 is 2.08 bits per heavy atom. The molecular formula is C18H18FN3O3. The second kappa shape index (κ2) is 7.29. The monoisotopic (exact) mass is 343 g/mol. The van der Waals surface area contributed by atoms with Crippen LogP contribution in [0.2, 0.25) is 0 Å². The van der Waals surface area contributed by atoms with Gasteiger partial charge in [0.15, 0.2) is 5.69 Å². The van der Waals surface area contributed by atoms with E-state index in [9.17, 15) is 9.18 Å². The highest BCUT2D eigenvalue weighted by Gasteiger charge is 2.25. The van der Waals surface area contributed by atoms with E-state index < -0.39 is 5.97 Å². The van der Waals surface area contributed by atoms with Crippen LogP contribution in [0.1, 0.15) is 35.5 Å². The van der Waals surface area contributed by atoms with Crippen LogP contribution in [0.5, 0.6) is 0 Å². The Labute approximate surface area is 144 Å². The normalized spacial score (nSPS) is 10.8. The van der Waals surface area contributed by atoms with Gasteiger partial charge in [-0.2, -0.15) is 5.10 Å². The Balaban J connectivity index is 2.13. The third kappa shape index (κ3) is 3.31. The van der Waals surface area contributed by atoms with Gasteiger partial charge in [-0.3, -0.25) is 4.68 Å². The summed E-state index contributed by atoms with van der Waals surface area (Å²) in [5.74, 6) is -0.837. The molecule has 0 spiro atoms. The summed E-state index contributed by atoms with van der Waals surface area (Å²) in [5.41, 5.74) is 2.55. The van der Waals surface area contributed by atoms with Crippen LogP contribution in [0, 0.1) is 5.82 Å². The predicted molar refractivity (Wildman–Crippen MR) is 88.6 cm³/mol. The Bertz CT molecular complexity index is 872. The molecule has 3 rings (SSSR count). The zero-order valence-corrected chi connectivity index (χ0v) is 14.0. The molecular weight excluding hydrogens is 325 g/mol. The minimum absolute atomic E-state index is 0.168. The van der Waals surface area contributed by atoms with Crippen molar-refractivity contribution in [2.75, 3.05) is 6.61 Å². The van der Waals surface area contributed by atoms with Crippen LogP contribution in [0.3, 0.4) is 0 Å². The Hall–Kier alpha value is -2.96. The van der Waals surface area contributed by atoms with Crippen molar-refractivity contribution >= 4 is 5.97 Å². The van der Waals surface area contributed by atoms with Crippen molar-refractivity contribution < 1.29 is 18.4 Å². The molecule has 0 atom stereocenters. The molecule has 0 aliphatic rings. The summed E-state index contributed by atoms with van der Waals surface area (Å²) >= 11 is 0. The van der Waals surface area contributed by atoms with Gasteiger partial charge in [-0.1, -0.05) is 30.3 Å². The standard InChI is InChI=1S/C18H18FN3O3/c1-3-13-16(18(23)24-4-2)20-22(17(13)15-9-10-25-21-15)11-12-7-5-6-8-14(12)19/h5-10H,3-4,11H2,1-2H3. The Morgan fingerprint density at radius 1 is 1.28 bits per heavy atom. The number of esters is 1. The van der Waals surface area contributed by atoms with Crippen molar-refractivity contribution in [1.82, 2.24) is 14.9 Å². The molecule has 6 nitrogen and oxygen atoms in total. The minimum atomic E-state index is -0.503. The highest BCUT2D eigenvalue weighted by molar-refractivity contribution is 5.91. The van der Waals surface area contributed by atoms with Crippen molar-refractivity contribution in [3.05, 3.63) is 59.2 Å². The second-order valence-corrected chi connectivity index (χ2v) is 5.38. The van der Waals surface area contributed by atoms with Crippen LogP contribution >= 0.6 is 0 Å². The largest absolute Gasteiger partial charge is 0.461 e. The molecule has 0 aliphatic carbocycles. The summed E-state index contributed by atoms with van der Waals surface area (Å²) in [6.45, 7) is 4.07. The van der Waals surface area contributed by atoms with E-state index in [4.69, 9.17) is 9.26 Å². The SMILES string of the molecule is CCOC(=O)c1nn(Cc2ccccc2F)c(-c2ccon2)c1CC. The molecule has 130 valence electrons. The number of halogens is 1. The van der Waals surface area contributed by atoms with Gasteiger partial charge >= 0.3 is 5.97 Å². The van der Waals surface area contributed by atoms with E-state index in [1.165, 1.54) is 12.3 Å². The van der Waals surface area contributed by atoms with Crippen molar-refractivity contribution in [3.63, 3.8) is 0 Å². The lowest BCUT2D eigenvalue weighted by molar-refractivity contribution is 0.0517. The van der Waals surface area contributed by atoms with E-state index in [1.54, 1.807) is 35.9 Å². The third-order valence-electron chi connectivity index (χ3n) is 3.83. The van der Waals surface area contributed by atoms with Crippen molar-refractivity contribution in [1.29, 1.82) is 0 Å². The van der Waals surface area contributed by atoms with Crippen molar-refractivity contribution in [3.8, 4) is 11.4 Å². The maximum atomic E-state index is 14.1. The minimum Gasteiger partial charge on any atom is -0.461 e. The zero-order valence-electron chi connectivity index (χ0n) is 14.0. The first kappa shape index (κ1) is 16.9. The molecule has 0 bridgehead atoms. The number of hydrogen-bond acceptors (Lipinski definition) is 5. The lowest BCUT2D eigenvalue weighted by atomic mass is 10.1. The highest BCUT2D eigenvalue weighted by Crippen LogP contribution is 2.27. The molecule has 0 saturated carbocycles. The number of hydrogen-bond donors (Lipinski definition) is 0. The van der Waals surface area contributed by atoms with Crippen LogP contribution in [-0.2, 0) is 17.7 Å². The fourth-order valence-electron chi connectivity index (χ4n) is 2.72. The van der Waals surface area contributed by atoms with Gasteiger partial charge < -0.3 is 9.26 Å². The number of benzene rings is 1. The smallest absolute Gasteiger partial charge is 0.359 e. The molecule has 0 N–H and O–H groups in total. The van der Waals surface area contributed by atoms with Gasteiger partial charge in [0.05, 0.1) is 18.8 Å². The fraction of sp³-hybridized carbons (Fsp3) is 0.278. The van der Waals surface area contributed by atoms with Gasteiger partial charge in [-0.15, -0.1) is 0 Å². The van der Waals surface area contributed by atoms with Gasteiger partial charge in [0, 0.05) is 17.2 Å². The van der Waals surface area contributed by atoms with Crippen LogP contribution < -0.4 is 0 Å². The molecule has 1 aromatic carbocycles. The average Bonchev–Trinajstić information content (AvgIpc) is 3.24. The van der Waals surface area contributed by atoms with E-state index in [0.717, 1.165) is 0 Å². The fourth-order valence-corrected chi connectivity index (χ4v) is 2.72. The first-order chi connectivity index (χ1) is 12.2. The van der Waals surface area contributed by atoms with Gasteiger partial charge in [0.25, 0.3) is 0 Å². The van der Waals surface area contributed by atoms with E-state index in [2.05, 4.69) is 10.3 Å². The lowest BCUT2D eigenvalue weighted by Crippen LogP contribution is -2.09. The van der Waals surface area contributed by atoms with E-state index >= 15 is 0 Å². The number of nitrogens with zero attached hydrogens (tertiary/aromatic N) is 3. The average molecular weight is 343 g/mol. The van der Waals surface area contributed by atoms with Crippen molar-refractivity contribution in [2.45, 2.75) is 26.8 Å². The van der Waals surface area contributed by atoms with Crippen LogP contribution in [0.4, 0.5) is 4.39 Å². The molecule has 2 heterocycles. The summed E-state index contributed by atoms with van der Waals surface area (Å²) in [5, 5.41) is 8.34. The highest BCUT2D eigenvalue weighted by atomic mass is 19.1. The summed E-state index contributed by atoms with van der Waals surface area (Å²) in [4.78, 5) is 12.3. The van der Waals surface area contributed by atoms with Gasteiger partial charge in [0.1, 0.15) is 17.8 Å². The van der Waals surface area contributed by atoms with Gasteiger partial charge in [-0.25, -0.2) is 9.18 Å². The number of aromatic nitrogens is 3. The number of rotatable bonds is 6. The molecule has 0 radical (unpaired) electrons. The van der Waals surface area contributed by atoms with Crippen molar-refractivity contribution in [2.24, 2.45) is 0 Å². The molecule has 2 aromatic heterocycles. The molecule has 0 aliphatic heterocycles. The maximum Gasteiger partial charge on any atom is 0.359 e. The lowest BCUT2D eigenvalue weighted by Gasteiger charge is -2.07. The first-order valence-corrected chi connectivity index (χ1v) is 8.06. The summed E-state index contributed by atoms with van der Waals surface area (Å²) in [6.07, 6.45) is 1.99. The Kier molecular flexibility index (Phi) is 4.92. The van der Waals surface area contributed by atoms with Crippen LogP contribution in [0.15, 0.2) is 41.1 Å².